The third kappa shape index (κ3) is 5.06. The van der Waals surface area contributed by atoms with Crippen LogP contribution in [-0.4, -0.2) is 42.3 Å². The molecule has 0 saturated heterocycles. The summed E-state index contributed by atoms with van der Waals surface area (Å²) in [6.07, 6.45) is 0. The fraction of sp³-hybridized carbons (Fsp3) is 0.130. The number of carboxylic acids is 1. The Kier molecular flexibility index (Phi) is 7.31. The molecule has 13 heteroatoms. The Hall–Kier alpha value is -4.23. The van der Waals surface area contributed by atoms with E-state index in [1.807, 2.05) is 18.2 Å². The minimum absolute atomic E-state index is 0.114. The van der Waals surface area contributed by atoms with Gasteiger partial charge in [0.15, 0.2) is 17.3 Å². The number of fused-ring (bicyclic) bond motifs is 1. The number of benzene rings is 2. The summed E-state index contributed by atoms with van der Waals surface area (Å²) in [5.74, 6) is -2.82. The number of halogens is 1. The van der Waals surface area contributed by atoms with Gasteiger partial charge in [0, 0.05) is 23.1 Å². The van der Waals surface area contributed by atoms with E-state index < -0.39 is 29.4 Å². The van der Waals surface area contributed by atoms with E-state index in [1.165, 1.54) is 29.9 Å². The minimum atomic E-state index is -1.44. The molecule has 0 aliphatic heterocycles. The molecule has 186 valence electrons. The van der Waals surface area contributed by atoms with Crippen LogP contribution in [0.25, 0.3) is 10.2 Å². The van der Waals surface area contributed by atoms with Gasteiger partial charge >= 0.3 is 18.0 Å². The van der Waals surface area contributed by atoms with Crippen LogP contribution < -0.4 is 20.1 Å². The van der Waals surface area contributed by atoms with Crippen molar-refractivity contribution in [2.24, 2.45) is 0 Å². The van der Waals surface area contributed by atoms with E-state index in [0.29, 0.717) is 0 Å². The van der Waals surface area contributed by atoms with Crippen molar-refractivity contribution in [3.8, 4) is 11.5 Å². The van der Waals surface area contributed by atoms with Crippen molar-refractivity contribution in [2.45, 2.75) is 6.61 Å². The van der Waals surface area contributed by atoms with Gasteiger partial charge in [0.1, 0.15) is 17.0 Å². The van der Waals surface area contributed by atoms with Gasteiger partial charge in [-0.25, -0.2) is 23.8 Å². The van der Waals surface area contributed by atoms with E-state index in [0.717, 1.165) is 40.3 Å². The molecule has 0 aliphatic carbocycles. The molecule has 3 N–H and O–H groups in total. The minimum Gasteiger partial charge on any atom is -0.493 e. The Morgan fingerprint density at radius 3 is 2.58 bits per heavy atom. The highest BCUT2D eigenvalue weighted by Crippen LogP contribution is 2.35. The summed E-state index contributed by atoms with van der Waals surface area (Å²) >= 11 is 2.25. The molecule has 36 heavy (non-hydrogen) atoms. The number of carbonyl (C=O) groups excluding carboxylic acids is 2. The fourth-order valence-electron chi connectivity index (χ4n) is 3.30. The van der Waals surface area contributed by atoms with Crippen molar-refractivity contribution in [3.05, 3.63) is 63.0 Å². The zero-order valence-electron chi connectivity index (χ0n) is 18.8. The van der Waals surface area contributed by atoms with E-state index in [9.17, 15) is 23.9 Å². The van der Waals surface area contributed by atoms with E-state index >= 15 is 0 Å². The SMILES string of the molecule is COC(=O)c1scc(NC(=O)Nc2cc(OCc3cccc4ncsc34)c(OC)cc2F)c1C(=O)O. The number of thiazole rings is 1. The maximum absolute atomic E-state index is 14.7. The molecule has 0 aliphatic rings. The average Bonchev–Trinajstić information content (AvgIpc) is 3.51. The first kappa shape index (κ1) is 24.9. The van der Waals surface area contributed by atoms with Gasteiger partial charge < -0.3 is 30.0 Å². The number of hydrogen-bond acceptors (Lipinski definition) is 9. The molecule has 2 heterocycles. The van der Waals surface area contributed by atoms with Gasteiger partial charge in [-0.05, 0) is 6.07 Å². The standard InChI is InChI=1S/C23H18FN3O7S2/c1-32-16-6-12(24)14(7-17(16)34-8-11-4-3-5-13-19(11)36-10-25-13)26-23(31)27-15-9-35-20(22(30)33-2)18(15)21(28)29/h3-7,9-10H,8H2,1-2H3,(H,28,29)(H2,26,27,31). The highest BCUT2D eigenvalue weighted by Gasteiger charge is 2.25. The second-order valence-corrected chi connectivity index (χ2v) is 8.85. The topological polar surface area (TPSA) is 136 Å². The zero-order chi connectivity index (χ0) is 25.8. The molecular weight excluding hydrogens is 513 g/mol. The lowest BCUT2D eigenvalue weighted by Crippen LogP contribution is -2.21. The molecule has 2 amide bonds. The molecule has 0 atom stereocenters. The van der Waals surface area contributed by atoms with Crippen molar-refractivity contribution >= 4 is 62.2 Å². The second-order valence-electron chi connectivity index (χ2n) is 7.12. The fourth-order valence-corrected chi connectivity index (χ4v) is 5.00. The first-order chi connectivity index (χ1) is 17.3. The van der Waals surface area contributed by atoms with Crippen molar-refractivity contribution in [2.75, 3.05) is 24.9 Å². The van der Waals surface area contributed by atoms with Crippen LogP contribution in [0.5, 0.6) is 11.5 Å². The quantitative estimate of drug-likeness (QED) is 0.264. The van der Waals surface area contributed by atoms with Crippen LogP contribution in [0.4, 0.5) is 20.6 Å². The van der Waals surface area contributed by atoms with Gasteiger partial charge in [0.05, 0.1) is 41.3 Å². The summed E-state index contributed by atoms with van der Waals surface area (Å²) in [6, 6.07) is 6.99. The number of nitrogens with one attached hydrogen (secondary N) is 2. The third-order valence-electron chi connectivity index (χ3n) is 4.95. The molecule has 0 unspecified atom stereocenters. The monoisotopic (exact) mass is 531 g/mol. The van der Waals surface area contributed by atoms with E-state index in [-0.39, 0.29) is 34.4 Å². The van der Waals surface area contributed by atoms with Gasteiger partial charge in [-0.1, -0.05) is 12.1 Å². The molecule has 0 saturated carbocycles. The first-order valence-corrected chi connectivity index (χ1v) is 11.9. The Morgan fingerprint density at radius 1 is 1.08 bits per heavy atom. The zero-order valence-corrected chi connectivity index (χ0v) is 20.4. The molecule has 0 radical (unpaired) electrons. The average molecular weight is 532 g/mol. The van der Waals surface area contributed by atoms with Gasteiger partial charge in [-0.2, -0.15) is 0 Å². The summed E-state index contributed by atoms with van der Waals surface area (Å²) in [4.78, 5) is 40.1. The van der Waals surface area contributed by atoms with Crippen LogP contribution in [0.15, 0.2) is 41.2 Å². The number of thiophene rings is 1. The highest BCUT2D eigenvalue weighted by atomic mass is 32.1. The number of amides is 2. The largest absolute Gasteiger partial charge is 0.493 e. The number of carboxylic acid groups (broad SMARTS) is 1. The van der Waals surface area contributed by atoms with Crippen LogP contribution in [0.2, 0.25) is 0 Å². The number of hydrogen-bond donors (Lipinski definition) is 3. The number of anilines is 2. The Labute approximate surface area is 211 Å². The molecule has 0 bridgehead atoms. The smallest absolute Gasteiger partial charge is 0.349 e. The third-order valence-corrected chi connectivity index (χ3v) is 6.82. The number of methoxy groups -OCH3 is 2. The van der Waals surface area contributed by atoms with Crippen molar-refractivity contribution in [3.63, 3.8) is 0 Å². The van der Waals surface area contributed by atoms with E-state index in [1.54, 1.807) is 5.51 Å². The highest BCUT2D eigenvalue weighted by molar-refractivity contribution is 7.17. The normalized spacial score (nSPS) is 10.6. The molecule has 2 aromatic heterocycles. The number of ether oxygens (including phenoxy) is 3. The summed E-state index contributed by atoms with van der Waals surface area (Å²) in [7, 11) is 2.46. The molecule has 4 aromatic rings. The lowest BCUT2D eigenvalue weighted by Gasteiger charge is -2.14. The predicted octanol–water partition coefficient (Wildman–Crippen LogP) is 5.21. The van der Waals surface area contributed by atoms with Gasteiger partial charge in [0.2, 0.25) is 0 Å². The van der Waals surface area contributed by atoms with Gasteiger partial charge in [0.25, 0.3) is 0 Å². The van der Waals surface area contributed by atoms with Crippen LogP contribution in [0.1, 0.15) is 25.6 Å². The van der Waals surface area contributed by atoms with E-state index in [2.05, 4.69) is 20.4 Å². The Bertz CT molecular complexity index is 1470. The number of urea groups is 1. The molecule has 4 rings (SSSR count). The Morgan fingerprint density at radius 2 is 1.86 bits per heavy atom. The molecule has 0 fully saturated rings. The lowest BCUT2D eigenvalue weighted by atomic mass is 10.2. The van der Waals surface area contributed by atoms with Crippen LogP contribution in [0, 0.1) is 5.82 Å². The van der Waals surface area contributed by atoms with Crippen molar-refractivity contribution in [1.29, 1.82) is 0 Å². The van der Waals surface area contributed by atoms with Crippen LogP contribution in [0.3, 0.4) is 0 Å². The number of nitrogens with zero attached hydrogens (tertiary/aromatic N) is 1. The summed E-state index contributed by atoms with van der Waals surface area (Å²) in [5, 5.41) is 15.4. The maximum atomic E-state index is 14.7. The number of esters is 1. The lowest BCUT2D eigenvalue weighted by molar-refractivity contribution is 0.0589. The van der Waals surface area contributed by atoms with Gasteiger partial charge in [-0.15, -0.1) is 22.7 Å². The van der Waals surface area contributed by atoms with E-state index in [4.69, 9.17) is 9.47 Å². The molecule has 0 spiro atoms. The second kappa shape index (κ2) is 10.6. The number of carbonyl (C=O) groups is 3. The number of rotatable bonds is 8. The molecule has 10 nitrogen and oxygen atoms in total. The Balaban J connectivity index is 1.54. The van der Waals surface area contributed by atoms with Crippen LogP contribution >= 0.6 is 22.7 Å². The first-order valence-electron chi connectivity index (χ1n) is 10.1. The number of aromatic carboxylic acids is 1. The summed E-state index contributed by atoms with van der Waals surface area (Å²) in [5.41, 5.74) is 2.61. The molecule has 2 aromatic carbocycles. The summed E-state index contributed by atoms with van der Waals surface area (Å²) < 4.78 is 31.3. The van der Waals surface area contributed by atoms with Crippen LogP contribution in [-0.2, 0) is 11.3 Å². The maximum Gasteiger partial charge on any atom is 0.349 e. The summed E-state index contributed by atoms with van der Waals surface area (Å²) in [6.45, 7) is 0.139. The van der Waals surface area contributed by atoms with Gasteiger partial charge in [-0.3, -0.25) is 0 Å². The van der Waals surface area contributed by atoms with Crippen molar-refractivity contribution in [1.82, 2.24) is 4.98 Å². The predicted molar refractivity (Wildman–Crippen MR) is 132 cm³/mol. The van der Waals surface area contributed by atoms with Crippen molar-refractivity contribution < 1.29 is 38.1 Å². The molecular formula is C23H18FN3O7S2. The number of aromatic nitrogens is 1.